The number of amides is 1. The van der Waals surface area contributed by atoms with Crippen LogP contribution in [0, 0.1) is 5.92 Å². The van der Waals surface area contributed by atoms with Crippen molar-refractivity contribution >= 4 is 12.4 Å². The van der Waals surface area contributed by atoms with E-state index in [1.807, 2.05) is 0 Å². The minimum atomic E-state index is -0.835. The van der Waals surface area contributed by atoms with E-state index >= 15 is 0 Å². The van der Waals surface area contributed by atoms with E-state index in [0.717, 1.165) is 25.7 Å². The lowest BCUT2D eigenvalue weighted by molar-refractivity contribution is -0.138. The van der Waals surface area contributed by atoms with Crippen molar-refractivity contribution < 1.29 is 14.7 Å². The number of hydrogen-bond donors (Lipinski definition) is 2. The summed E-state index contributed by atoms with van der Waals surface area (Å²) < 4.78 is 0. The summed E-state index contributed by atoms with van der Waals surface area (Å²) in [5.74, 6) is -0.493. The Morgan fingerprint density at radius 3 is 2.40 bits per heavy atom. The van der Waals surface area contributed by atoms with Crippen molar-refractivity contribution in [3.63, 3.8) is 0 Å². The van der Waals surface area contributed by atoms with Crippen molar-refractivity contribution in [3.8, 4) is 0 Å². The Hall–Kier alpha value is -1.06. The van der Waals surface area contributed by atoms with Crippen LogP contribution in [-0.4, -0.2) is 23.5 Å². The number of carboxylic acid groups (broad SMARTS) is 1. The second kappa shape index (κ2) is 6.43. The lowest BCUT2D eigenvalue weighted by Crippen LogP contribution is -2.37. The van der Waals surface area contributed by atoms with Crippen LogP contribution in [0.25, 0.3) is 0 Å². The molecule has 0 aromatic heterocycles. The lowest BCUT2D eigenvalue weighted by Gasteiger charge is -2.23. The first-order valence-electron chi connectivity index (χ1n) is 5.65. The van der Waals surface area contributed by atoms with Crippen molar-refractivity contribution in [1.29, 1.82) is 0 Å². The molecule has 0 spiro atoms. The molecular weight excluding hydrogens is 194 g/mol. The lowest BCUT2D eigenvalue weighted by atomic mass is 9.90. The van der Waals surface area contributed by atoms with E-state index in [9.17, 15) is 9.59 Å². The molecule has 0 heterocycles. The fourth-order valence-electron chi connectivity index (χ4n) is 2.35. The molecule has 1 saturated carbocycles. The molecule has 1 fully saturated rings. The average molecular weight is 213 g/mol. The van der Waals surface area contributed by atoms with Gasteiger partial charge < -0.3 is 10.4 Å². The molecule has 1 unspecified atom stereocenters. The molecule has 4 nitrogen and oxygen atoms in total. The van der Waals surface area contributed by atoms with E-state index in [2.05, 4.69) is 5.32 Å². The SMILES string of the molecule is O=CNC(CC(=O)O)C1CCCCCC1. The van der Waals surface area contributed by atoms with Crippen molar-refractivity contribution in [2.75, 3.05) is 0 Å². The van der Waals surface area contributed by atoms with Crippen LogP contribution in [0.2, 0.25) is 0 Å². The maximum Gasteiger partial charge on any atom is 0.305 e. The predicted octanol–water partition coefficient (Wildman–Crippen LogP) is 1.55. The highest BCUT2D eigenvalue weighted by molar-refractivity contribution is 5.68. The van der Waals surface area contributed by atoms with Gasteiger partial charge in [-0.2, -0.15) is 0 Å². The Labute approximate surface area is 90.0 Å². The molecule has 1 aliphatic rings. The Morgan fingerprint density at radius 1 is 1.33 bits per heavy atom. The van der Waals surface area contributed by atoms with Gasteiger partial charge in [-0.3, -0.25) is 9.59 Å². The zero-order valence-electron chi connectivity index (χ0n) is 8.95. The summed E-state index contributed by atoms with van der Waals surface area (Å²) in [6, 6.07) is -0.182. The summed E-state index contributed by atoms with van der Waals surface area (Å²) in [4.78, 5) is 21.1. The first-order chi connectivity index (χ1) is 7.24. The highest BCUT2D eigenvalue weighted by Crippen LogP contribution is 2.26. The number of aliphatic carboxylic acids is 1. The molecular formula is C11H19NO3. The van der Waals surface area contributed by atoms with Crippen LogP contribution in [0.1, 0.15) is 44.9 Å². The molecule has 86 valence electrons. The monoisotopic (exact) mass is 213 g/mol. The molecule has 1 amide bonds. The van der Waals surface area contributed by atoms with Crippen molar-refractivity contribution in [1.82, 2.24) is 5.32 Å². The Balaban J connectivity index is 2.51. The van der Waals surface area contributed by atoms with Crippen molar-refractivity contribution in [3.05, 3.63) is 0 Å². The Morgan fingerprint density at radius 2 is 1.93 bits per heavy atom. The minimum absolute atomic E-state index is 0.0450. The number of nitrogens with one attached hydrogen (secondary N) is 1. The van der Waals surface area contributed by atoms with Gasteiger partial charge in [-0.1, -0.05) is 25.7 Å². The molecule has 0 aromatic carbocycles. The molecule has 15 heavy (non-hydrogen) atoms. The summed E-state index contributed by atoms with van der Waals surface area (Å²) in [7, 11) is 0. The van der Waals surface area contributed by atoms with Crippen LogP contribution in [0.4, 0.5) is 0 Å². The van der Waals surface area contributed by atoms with Crippen LogP contribution in [-0.2, 0) is 9.59 Å². The van der Waals surface area contributed by atoms with Crippen molar-refractivity contribution in [2.45, 2.75) is 51.0 Å². The standard InChI is InChI=1S/C11H19NO3/c13-8-12-10(7-11(14)15)9-5-3-1-2-4-6-9/h8-10H,1-7H2,(H,12,13)(H,14,15). The third-order valence-electron chi connectivity index (χ3n) is 3.15. The van der Waals surface area contributed by atoms with E-state index in [1.165, 1.54) is 12.8 Å². The summed E-state index contributed by atoms with van der Waals surface area (Å²) in [5, 5.41) is 11.4. The van der Waals surface area contributed by atoms with Crippen LogP contribution < -0.4 is 5.32 Å². The van der Waals surface area contributed by atoms with Gasteiger partial charge in [0.05, 0.1) is 6.42 Å². The molecule has 2 N–H and O–H groups in total. The van der Waals surface area contributed by atoms with Crippen LogP contribution >= 0.6 is 0 Å². The van der Waals surface area contributed by atoms with Crippen molar-refractivity contribution in [2.24, 2.45) is 5.92 Å². The van der Waals surface area contributed by atoms with Gasteiger partial charge in [0.15, 0.2) is 0 Å². The molecule has 0 saturated heterocycles. The number of carboxylic acids is 1. The topological polar surface area (TPSA) is 66.4 Å². The molecule has 1 aliphatic carbocycles. The fourth-order valence-corrected chi connectivity index (χ4v) is 2.35. The van der Waals surface area contributed by atoms with E-state index in [0.29, 0.717) is 12.3 Å². The van der Waals surface area contributed by atoms with Gasteiger partial charge in [0.25, 0.3) is 0 Å². The normalized spacial score (nSPS) is 20.3. The molecule has 0 radical (unpaired) electrons. The largest absolute Gasteiger partial charge is 0.481 e. The third-order valence-corrected chi connectivity index (χ3v) is 3.15. The van der Waals surface area contributed by atoms with Gasteiger partial charge in [0.1, 0.15) is 0 Å². The fraction of sp³-hybridized carbons (Fsp3) is 0.818. The summed E-state index contributed by atoms with van der Waals surface area (Å²) in [6.07, 6.45) is 7.52. The third kappa shape index (κ3) is 4.32. The van der Waals surface area contributed by atoms with E-state index in [1.54, 1.807) is 0 Å². The Kier molecular flexibility index (Phi) is 5.15. The second-order valence-electron chi connectivity index (χ2n) is 4.24. The van der Waals surface area contributed by atoms with Gasteiger partial charge in [-0.05, 0) is 18.8 Å². The maximum absolute atomic E-state index is 10.7. The second-order valence-corrected chi connectivity index (χ2v) is 4.24. The first-order valence-corrected chi connectivity index (χ1v) is 5.65. The van der Waals surface area contributed by atoms with Gasteiger partial charge in [-0.15, -0.1) is 0 Å². The molecule has 1 rings (SSSR count). The highest BCUT2D eigenvalue weighted by Gasteiger charge is 2.24. The molecule has 0 aromatic rings. The first kappa shape index (κ1) is 12.0. The molecule has 0 aliphatic heterocycles. The summed E-state index contributed by atoms with van der Waals surface area (Å²) in [5.41, 5.74) is 0. The van der Waals surface area contributed by atoms with Gasteiger partial charge in [0, 0.05) is 6.04 Å². The van der Waals surface area contributed by atoms with Gasteiger partial charge >= 0.3 is 5.97 Å². The quantitative estimate of drug-likeness (QED) is 0.538. The van der Waals surface area contributed by atoms with E-state index in [4.69, 9.17) is 5.11 Å². The van der Waals surface area contributed by atoms with Crippen LogP contribution in [0.5, 0.6) is 0 Å². The van der Waals surface area contributed by atoms with Gasteiger partial charge in [0.2, 0.25) is 6.41 Å². The smallest absolute Gasteiger partial charge is 0.305 e. The predicted molar refractivity (Wildman–Crippen MR) is 56.4 cm³/mol. The Bertz CT molecular complexity index is 210. The summed E-state index contributed by atoms with van der Waals surface area (Å²) in [6.45, 7) is 0. The average Bonchev–Trinajstić information content (AvgIpc) is 2.44. The maximum atomic E-state index is 10.7. The molecule has 1 atom stereocenters. The number of rotatable bonds is 5. The van der Waals surface area contributed by atoms with E-state index < -0.39 is 5.97 Å². The zero-order valence-corrected chi connectivity index (χ0v) is 8.95. The molecule has 4 heteroatoms. The summed E-state index contributed by atoms with van der Waals surface area (Å²) >= 11 is 0. The van der Waals surface area contributed by atoms with Crippen LogP contribution in [0.3, 0.4) is 0 Å². The number of carbonyl (C=O) groups excluding carboxylic acids is 1. The minimum Gasteiger partial charge on any atom is -0.481 e. The zero-order chi connectivity index (χ0) is 11.1. The van der Waals surface area contributed by atoms with Crippen LogP contribution in [0.15, 0.2) is 0 Å². The molecule has 0 bridgehead atoms. The highest BCUT2D eigenvalue weighted by atomic mass is 16.4. The number of carbonyl (C=O) groups is 2. The van der Waals surface area contributed by atoms with Gasteiger partial charge in [-0.25, -0.2) is 0 Å². The number of hydrogen-bond acceptors (Lipinski definition) is 2. The van der Waals surface area contributed by atoms with E-state index in [-0.39, 0.29) is 12.5 Å².